The number of anilines is 3. The molecule has 210 valence electrons. The molecule has 0 unspecified atom stereocenters. The van der Waals surface area contributed by atoms with Gasteiger partial charge in [-0.3, -0.25) is 4.79 Å². The number of nitrogens with one attached hydrogen (secondary N) is 3. The van der Waals surface area contributed by atoms with Crippen LogP contribution in [0.3, 0.4) is 0 Å². The minimum Gasteiger partial charge on any atom is -0.456 e. The van der Waals surface area contributed by atoms with Gasteiger partial charge < -0.3 is 30.3 Å². The van der Waals surface area contributed by atoms with Gasteiger partial charge in [-0.05, 0) is 75.2 Å². The topological polar surface area (TPSA) is 119 Å². The van der Waals surface area contributed by atoms with E-state index in [1.165, 1.54) is 6.33 Å². The van der Waals surface area contributed by atoms with Crippen molar-refractivity contribution in [2.75, 3.05) is 37.5 Å². The number of amides is 1. The first-order valence-electron chi connectivity index (χ1n) is 12.8. The number of carbonyl (C=O) groups is 1. The highest BCUT2D eigenvalue weighted by atomic mass is 35.5. The zero-order valence-corrected chi connectivity index (χ0v) is 23.7. The van der Waals surface area contributed by atoms with Crippen molar-refractivity contribution in [3.8, 4) is 11.5 Å². The Bertz CT molecular complexity index is 1400. The summed E-state index contributed by atoms with van der Waals surface area (Å²) in [5, 5.41) is 14.0. The molecule has 1 aliphatic heterocycles. The Morgan fingerprint density at radius 2 is 2.02 bits per heavy atom. The molecular weight excluding hydrogens is 532 g/mol. The van der Waals surface area contributed by atoms with Crippen LogP contribution in [0.4, 0.5) is 17.3 Å². The first-order valence-corrected chi connectivity index (χ1v) is 13.2. The maximum absolute atomic E-state index is 12.5. The van der Waals surface area contributed by atoms with Crippen molar-refractivity contribution < 1.29 is 19.1 Å². The number of aromatic nitrogens is 2. The number of hydrogen-bond acceptors (Lipinski definition) is 9. The van der Waals surface area contributed by atoms with E-state index < -0.39 is 0 Å². The molecule has 0 fully saturated rings. The lowest BCUT2D eigenvalue weighted by atomic mass is 10.1. The highest BCUT2D eigenvalue weighted by Crippen LogP contribution is 2.34. The van der Waals surface area contributed by atoms with E-state index in [0.29, 0.717) is 59.2 Å². The van der Waals surface area contributed by atoms with Crippen molar-refractivity contribution in [1.29, 1.82) is 0 Å². The van der Waals surface area contributed by atoms with Crippen molar-refractivity contribution in [3.05, 3.63) is 70.5 Å². The van der Waals surface area contributed by atoms with E-state index >= 15 is 0 Å². The summed E-state index contributed by atoms with van der Waals surface area (Å²) in [5.74, 6) is 2.09. The fraction of sp³-hybridized carbons (Fsp3) is 0.310. The first-order chi connectivity index (χ1) is 19.2. The van der Waals surface area contributed by atoms with Crippen LogP contribution < -0.4 is 20.7 Å². The molecule has 3 aromatic rings. The molecule has 0 saturated carbocycles. The molecule has 0 bridgehead atoms. The minimum atomic E-state index is -0.346. The van der Waals surface area contributed by atoms with Gasteiger partial charge in [0.15, 0.2) is 0 Å². The molecule has 10 nitrogen and oxygen atoms in total. The van der Waals surface area contributed by atoms with E-state index in [1.807, 2.05) is 32.9 Å². The SMILES string of the molecule is COCCO/N=C/C1=Cc2c(ncnc2Nc2ccc(Oc3cccc(C(=O)NC(C)(C)C)c3)c(Cl)c2)NCC1. The average molecular weight is 565 g/mol. The Morgan fingerprint density at radius 3 is 2.80 bits per heavy atom. The van der Waals surface area contributed by atoms with Crippen molar-refractivity contribution >= 4 is 47.1 Å². The number of methoxy groups -OCH3 is 1. The lowest BCUT2D eigenvalue weighted by Gasteiger charge is -2.20. The van der Waals surface area contributed by atoms with Gasteiger partial charge in [0.05, 0.1) is 23.4 Å². The molecule has 3 N–H and O–H groups in total. The number of hydrogen-bond donors (Lipinski definition) is 3. The predicted octanol–water partition coefficient (Wildman–Crippen LogP) is 6.04. The van der Waals surface area contributed by atoms with Crippen LogP contribution in [-0.2, 0) is 9.57 Å². The summed E-state index contributed by atoms with van der Waals surface area (Å²) in [7, 11) is 1.61. The molecule has 0 aliphatic carbocycles. The van der Waals surface area contributed by atoms with Crippen LogP contribution in [0.15, 0.2) is 59.5 Å². The Kier molecular flexibility index (Phi) is 9.57. The monoisotopic (exact) mass is 564 g/mol. The van der Waals surface area contributed by atoms with Gasteiger partial charge >= 0.3 is 0 Å². The molecule has 0 spiro atoms. The molecule has 1 amide bonds. The van der Waals surface area contributed by atoms with Crippen molar-refractivity contribution in [3.63, 3.8) is 0 Å². The van der Waals surface area contributed by atoms with Crippen LogP contribution in [-0.4, -0.2) is 54.5 Å². The molecule has 0 radical (unpaired) electrons. The van der Waals surface area contributed by atoms with Gasteiger partial charge in [0.1, 0.15) is 36.1 Å². The van der Waals surface area contributed by atoms with Crippen molar-refractivity contribution in [1.82, 2.24) is 15.3 Å². The number of fused-ring (bicyclic) bond motifs is 1. The molecule has 0 saturated heterocycles. The fourth-order valence-electron chi connectivity index (χ4n) is 3.77. The zero-order valence-electron chi connectivity index (χ0n) is 23.0. The van der Waals surface area contributed by atoms with Crippen molar-refractivity contribution in [2.24, 2.45) is 5.16 Å². The van der Waals surface area contributed by atoms with E-state index in [-0.39, 0.29) is 11.4 Å². The van der Waals surface area contributed by atoms with Crippen LogP contribution >= 0.6 is 11.6 Å². The molecule has 2 aromatic carbocycles. The Balaban J connectivity index is 1.49. The highest BCUT2D eigenvalue weighted by Gasteiger charge is 2.17. The lowest BCUT2D eigenvalue weighted by molar-refractivity contribution is 0.0759. The van der Waals surface area contributed by atoms with Crippen LogP contribution in [0.5, 0.6) is 11.5 Å². The van der Waals surface area contributed by atoms with Gasteiger partial charge in [0.25, 0.3) is 5.91 Å². The standard InChI is InChI=1S/C29H33ClN6O4/c1-29(2,3)36-28(37)20-6-5-7-22(15-20)40-25-9-8-21(16-24(25)30)35-27-23-14-19(17-34-39-13-12-38-4)10-11-31-26(23)32-18-33-27/h5-9,14-18H,10-13H2,1-4H3,(H,36,37)(H2,31,32,33,35)/b34-17+. The number of ether oxygens (including phenoxy) is 2. The molecular formula is C29H33ClN6O4. The number of benzene rings is 2. The summed E-state index contributed by atoms with van der Waals surface area (Å²) < 4.78 is 11.0. The summed E-state index contributed by atoms with van der Waals surface area (Å²) in [6, 6.07) is 12.3. The minimum absolute atomic E-state index is 0.177. The summed E-state index contributed by atoms with van der Waals surface area (Å²) in [5.41, 5.74) is 2.62. The van der Waals surface area contributed by atoms with Crippen LogP contribution in [0.2, 0.25) is 5.02 Å². The maximum atomic E-state index is 12.5. The smallest absolute Gasteiger partial charge is 0.251 e. The van der Waals surface area contributed by atoms with Gasteiger partial charge in [-0.15, -0.1) is 0 Å². The zero-order chi connectivity index (χ0) is 28.5. The highest BCUT2D eigenvalue weighted by molar-refractivity contribution is 6.32. The second-order valence-electron chi connectivity index (χ2n) is 10.0. The Morgan fingerprint density at radius 1 is 1.18 bits per heavy atom. The normalized spacial score (nSPS) is 13.1. The van der Waals surface area contributed by atoms with Crippen molar-refractivity contribution in [2.45, 2.75) is 32.7 Å². The molecule has 0 atom stereocenters. The molecule has 2 heterocycles. The average Bonchev–Trinajstić information content (AvgIpc) is 3.12. The van der Waals surface area contributed by atoms with Gasteiger partial charge in [-0.1, -0.05) is 22.8 Å². The third kappa shape index (κ3) is 8.17. The molecule has 4 rings (SSSR count). The maximum Gasteiger partial charge on any atom is 0.251 e. The summed E-state index contributed by atoms with van der Waals surface area (Å²) in [4.78, 5) is 26.6. The third-order valence-electron chi connectivity index (χ3n) is 5.60. The summed E-state index contributed by atoms with van der Waals surface area (Å²) >= 11 is 6.58. The van der Waals surface area contributed by atoms with Crippen LogP contribution in [0.25, 0.3) is 6.08 Å². The summed E-state index contributed by atoms with van der Waals surface area (Å²) in [6.45, 7) is 7.33. The number of nitrogens with zero attached hydrogens (tertiary/aromatic N) is 3. The number of carbonyl (C=O) groups excluding carboxylic acids is 1. The summed E-state index contributed by atoms with van der Waals surface area (Å²) in [6.07, 6.45) is 5.90. The quantitative estimate of drug-likeness (QED) is 0.155. The second-order valence-corrected chi connectivity index (χ2v) is 10.5. The third-order valence-corrected chi connectivity index (χ3v) is 5.89. The van der Waals surface area contributed by atoms with Gasteiger partial charge in [0.2, 0.25) is 0 Å². The predicted molar refractivity (Wildman–Crippen MR) is 158 cm³/mol. The molecule has 40 heavy (non-hydrogen) atoms. The first kappa shape index (κ1) is 28.8. The van der Waals surface area contributed by atoms with Gasteiger partial charge in [-0.25, -0.2) is 9.97 Å². The van der Waals surface area contributed by atoms with E-state index in [4.69, 9.17) is 25.9 Å². The van der Waals surface area contributed by atoms with E-state index in [1.54, 1.807) is 49.7 Å². The second kappa shape index (κ2) is 13.3. The number of halogens is 1. The Labute approximate surface area is 238 Å². The lowest BCUT2D eigenvalue weighted by Crippen LogP contribution is -2.40. The number of rotatable bonds is 10. The van der Waals surface area contributed by atoms with Crippen LogP contribution in [0.1, 0.15) is 43.1 Å². The molecule has 1 aromatic heterocycles. The Hall–Kier alpha value is -4.15. The van der Waals surface area contributed by atoms with E-state index in [9.17, 15) is 4.79 Å². The van der Waals surface area contributed by atoms with E-state index in [2.05, 4.69) is 31.1 Å². The van der Waals surface area contributed by atoms with Gasteiger partial charge in [-0.2, -0.15) is 0 Å². The molecule has 11 heteroatoms. The molecule has 1 aliphatic rings. The fourth-order valence-corrected chi connectivity index (χ4v) is 3.99. The largest absolute Gasteiger partial charge is 0.456 e. The van der Waals surface area contributed by atoms with Gasteiger partial charge in [0, 0.05) is 30.4 Å². The van der Waals surface area contributed by atoms with Crippen LogP contribution in [0, 0.1) is 0 Å². The van der Waals surface area contributed by atoms with E-state index in [0.717, 1.165) is 17.6 Å². The number of oxime groups is 1.